The lowest BCUT2D eigenvalue weighted by molar-refractivity contribution is 0.165. The molecule has 0 atom stereocenters. The monoisotopic (exact) mass is 300 g/mol. The molecule has 0 saturated heterocycles. The lowest BCUT2D eigenvalue weighted by atomic mass is 10.8. The highest BCUT2D eigenvalue weighted by atomic mass is 35.5. The number of alkyl halides is 4. The number of hydrogen-bond donors (Lipinski definition) is 0. The van der Waals surface area contributed by atoms with Gasteiger partial charge < -0.3 is 4.74 Å². The molecular weight excluding hydrogens is 286 g/mol. The predicted octanol–water partition coefficient (Wildman–Crippen LogP) is 3.68. The second-order valence-electron chi connectivity index (χ2n) is 1.98. The van der Waals surface area contributed by atoms with Gasteiger partial charge in [0.05, 0.1) is 13.2 Å². The summed E-state index contributed by atoms with van der Waals surface area (Å²) in [6, 6.07) is 0. The maximum absolute atomic E-state index is 5.37. The first-order valence-corrected chi connectivity index (χ1v) is 7.52. The molecule has 0 radical (unpaired) electrons. The van der Waals surface area contributed by atoms with Crippen molar-refractivity contribution >= 4 is 58.2 Å². The van der Waals surface area contributed by atoms with E-state index < -0.39 is 0 Å². The van der Waals surface area contributed by atoms with Gasteiger partial charge in [0.15, 0.2) is 0 Å². The molecule has 0 unspecified atom stereocenters. The molecule has 0 aliphatic rings. The zero-order chi connectivity index (χ0) is 11.1. The molecule has 0 rings (SSSR count). The minimum absolute atomic E-state index is 0.552. The second kappa shape index (κ2) is 20.0. The van der Waals surface area contributed by atoms with Gasteiger partial charge >= 0.3 is 0 Å². The van der Waals surface area contributed by atoms with Gasteiger partial charge in [-0.25, -0.2) is 0 Å². The molecule has 0 heterocycles. The van der Waals surface area contributed by atoms with Gasteiger partial charge in [-0.05, 0) is 0 Å². The quantitative estimate of drug-likeness (QED) is 0.500. The number of hydrogen-bond acceptors (Lipinski definition) is 2. The average Bonchev–Trinajstić information content (AvgIpc) is 2.21. The van der Waals surface area contributed by atoms with Gasteiger partial charge in [0, 0.05) is 35.0 Å². The van der Waals surface area contributed by atoms with E-state index in [9.17, 15) is 0 Å². The molecular formula is C8H16Cl4OS. The molecule has 0 saturated carbocycles. The van der Waals surface area contributed by atoms with E-state index in [-0.39, 0.29) is 0 Å². The Labute approximate surface area is 111 Å². The van der Waals surface area contributed by atoms with E-state index >= 15 is 0 Å². The molecule has 0 amide bonds. The predicted molar refractivity (Wildman–Crippen MR) is 71.0 cm³/mol. The van der Waals surface area contributed by atoms with Gasteiger partial charge in [0.2, 0.25) is 0 Å². The molecule has 0 aromatic rings. The van der Waals surface area contributed by atoms with Crippen LogP contribution >= 0.6 is 58.2 Å². The highest BCUT2D eigenvalue weighted by molar-refractivity contribution is 7.99. The van der Waals surface area contributed by atoms with Gasteiger partial charge in [-0.2, -0.15) is 11.8 Å². The Balaban J connectivity index is 0. The third kappa shape index (κ3) is 23.4. The summed E-state index contributed by atoms with van der Waals surface area (Å²) in [5.41, 5.74) is 0. The SMILES string of the molecule is ClCCOCCCl.ClCCSCCCl. The molecule has 0 fully saturated rings. The van der Waals surface area contributed by atoms with Crippen LogP contribution in [0.15, 0.2) is 0 Å². The van der Waals surface area contributed by atoms with Crippen molar-refractivity contribution in [3.8, 4) is 0 Å². The van der Waals surface area contributed by atoms with E-state index in [1.165, 1.54) is 0 Å². The number of rotatable bonds is 8. The lowest BCUT2D eigenvalue weighted by Gasteiger charge is -1.93. The molecule has 0 N–H and O–H groups in total. The van der Waals surface area contributed by atoms with Crippen LogP contribution in [0.5, 0.6) is 0 Å². The molecule has 0 aromatic heterocycles. The highest BCUT2D eigenvalue weighted by Crippen LogP contribution is 1.99. The number of halogens is 4. The Bertz CT molecular complexity index is 69.7. The average molecular weight is 302 g/mol. The third-order valence-corrected chi connectivity index (χ3v) is 3.01. The van der Waals surface area contributed by atoms with E-state index in [4.69, 9.17) is 51.1 Å². The fourth-order valence-electron chi connectivity index (χ4n) is 0.422. The van der Waals surface area contributed by atoms with Crippen LogP contribution in [-0.2, 0) is 4.74 Å². The Kier molecular flexibility index (Phi) is 25.4. The standard InChI is InChI=1S/C4H8Cl2O.C4H8Cl2S/c2*5-1-3-7-4-2-6/h2*1-4H2. The molecule has 0 aliphatic carbocycles. The summed E-state index contributed by atoms with van der Waals surface area (Å²) in [7, 11) is 0. The molecule has 1 nitrogen and oxygen atoms in total. The third-order valence-electron chi connectivity index (χ3n) is 0.886. The molecule has 88 valence electrons. The van der Waals surface area contributed by atoms with E-state index in [1.807, 2.05) is 0 Å². The summed E-state index contributed by atoms with van der Waals surface area (Å²) < 4.78 is 4.87. The van der Waals surface area contributed by atoms with Crippen LogP contribution in [0, 0.1) is 0 Å². The topological polar surface area (TPSA) is 9.23 Å². The van der Waals surface area contributed by atoms with Crippen LogP contribution < -0.4 is 0 Å². The van der Waals surface area contributed by atoms with Crippen molar-refractivity contribution in [2.45, 2.75) is 0 Å². The van der Waals surface area contributed by atoms with E-state index in [0.717, 1.165) is 23.3 Å². The summed E-state index contributed by atoms with van der Waals surface area (Å²) in [4.78, 5) is 0. The van der Waals surface area contributed by atoms with Gasteiger partial charge in [-0.3, -0.25) is 0 Å². The fraction of sp³-hybridized carbons (Fsp3) is 1.00. The minimum atomic E-state index is 0.552. The van der Waals surface area contributed by atoms with Gasteiger partial charge in [0.25, 0.3) is 0 Å². The first-order chi connectivity index (χ1) is 6.83. The highest BCUT2D eigenvalue weighted by Gasteiger charge is 1.82. The van der Waals surface area contributed by atoms with E-state index in [1.54, 1.807) is 11.8 Å². The normalized spacial score (nSPS) is 9.43. The Morgan fingerprint density at radius 3 is 1.43 bits per heavy atom. The summed E-state index contributed by atoms with van der Waals surface area (Å²) >= 11 is 23.1. The summed E-state index contributed by atoms with van der Waals surface area (Å²) in [6.45, 7) is 1.21. The summed E-state index contributed by atoms with van der Waals surface area (Å²) in [6.07, 6.45) is 0. The summed E-state index contributed by atoms with van der Waals surface area (Å²) in [5.74, 6) is 4.62. The van der Waals surface area contributed by atoms with E-state index in [0.29, 0.717) is 25.0 Å². The van der Waals surface area contributed by atoms with Crippen molar-refractivity contribution in [3.05, 3.63) is 0 Å². The Morgan fingerprint density at radius 1 is 0.714 bits per heavy atom. The molecule has 0 spiro atoms. The lowest BCUT2D eigenvalue weighted by Crippen LogP contribution is -1.97. The van der Waals surface area contributed by atoms with Crippen molar-refractivity contribution in [1.82, 2.24) is 0 Å². The van der Waals surface area contributed by atoms with Crippen LogP contribution in [0.2, 0.25) is 0 Å². The largest absolute Gasteiger partial charge is 0.379 e. The van der Waals surface area contributed by atoms with Crippen LogP contribution in [0.1, 0.15) is 0 Å². The first kappa shape index (κ1) is 17.9. The van der Waals surface area contributed by atoms with Crippen molar-refractivity contribution in [3.63, 3.8) is 0 Å². The van der Waals surface area contributed by atoms with Crippen molar-refractivity contribution in [2.24, 2.45) is 0 Å². The Morgan fingerprint density at radius 2 is 1.14 bits per heavy atom. The van der Waals surface area contributed by atoms with Gasteiger partial charge in [-0.15, -0.1) is 46.4 Å². The maximum Gasteiger partial charge on any atom is 0.0602 e. The van der Waals surface area contributed by atoms with Crippen molar-refractivity contribution in [1.29, 1.82) is 0 Å². The fourth-order valence-corrected chi connectivity index (χ4v) is 1.72. The molecule has 6 heteroatoms. The molecule has 0 aliphatic heterocycles. The van der Waals surface area contributed by atoms with Crippen LogP contribution in [0.4, 0.5) is 0 Å². The van der Waals surface area contributed by atoms with Crippen LogP contribution in [0.3, 0.4) is 0 Å². The molecule has 14 heavy (non-hydrogen) atoms. The van der Waals surface area contributed by atoms with Crippen molar-refractivity contribution in [2.75, 3.05) is 48.2 Å². The van der Waals surface area contributed by atoms with Crippen LogP contribution in [-0.4, -0.2) is 48.2 Å². The zero-order valence-corrected chi connectivity index (χ0v) is 11.8. The first-order valence-electron chi connectivity index (χ1n) is 4.22. The smallest absolute Gasteiger partial charge is 0.0602 e. The van der Waals surface area contributed by atoms with E-state index in [2.05, 4.69) is 0 Å². The maximum atomic E-state index is 5.37. The van der Waals surface area contributed by atoms with Gasteiger partial charge in [-0.1, -0.05) is 0 Å². The summed E-state index contributed by atoms with van der Waals surface area (Å²) in [5, 5.41) is 0. The zero-order valence-electron chi connectivity index (χ0n) is 7.99. The number of ether oxygens (including phenoxy) is 1. The van der Waals surface area contributed by atoms with Crippen molar-refractivity contribution < 1.29 is 4.74 Å². The number of thioether (sulfide) groups is 1. The second-order valence-corrected chi connectivity index (χ2v) is 4.72. The Hall–Kier alpha value is 1.47. The van der Waals surface area contributed by atoms with Crippen LogP contribution in [0.25, 0.3) is 0 Å². The minimum Gasteiger partial charge on any atom is -0.379 e. The van der Waals surface area contributed by atoms with Gasteiger partial charge in [0.1, 0.15) is 0 Å². The molecule has 0 bridgehead atoms. The molecule has 0 aromatic carbocycles.